The summed E-state index contributed by atoms with van der Waals surface area (Å²) in [7, 11) is 0. The average Bonchev–Trinajstić information content (AvgIpc) is 3.18. The van der Waals surface area contributed by atoms with Gasteiger partial charge in [0.1, 0.15) is 12.4 Å². The number of amides is 2. The number of ether oxygens (including phenoxy) is 3. The van der Waals surface area contributed by atoms with Gasteiger partial charge in [0.05, 0.1) is 28.5 Å². The molecule has 1 aliphatic heterocycles. The van der Waals surface area contributed by atoms with E-state index in [0.717, 1.165) is 28.3 Å². The van der Waals surface area contributed by atoms with Crippen LogP contribution in [0.15, 0.2) is 71.6 Å². The highest BCUT2D eigenvalue weighted by Crippen LogP contribution is 2.35. The second-order valence-electron chi connectivity index (χ2n) is 8.33. The van der Waals surface area contributed by atoms with E-state index in [1.807, 2.05) is 31.2 Å². The van der Waals surface area contributed by atoms with Crippen molar-refractivity contribution in [2.45, 2.75) is 13.8 Å². The smallest absolute Gasteiger partial charge is 0.343 e. The van der Waals surface area contributed by atoms with E-state index < -0.39 is 22.0 Å². The maximum absolute atomic E-state index is 12.9. The number of esters is 1. The van der Waals surface area contributed by atoms with Gasteiger partial charge >= 0.3 is 5.97 Å². The molecule has 10 nitrogen and oxygen atoms in total. The van der Waals surface area contributed by atoms with Gasteiger partial charge in [0.15, 0.2) is 11.5 Å². The second kappa shape index (κ2) is 12.3. The van der Waals surface area contributed by atoms with E-state index in [-0.39, 0.29) is 47.4 Å². The first kappa shape index (κ1) is 27.4. The maximum Gasteiger partial charge on any atom is 0.343 e. The Bertz CT molecular complexity index is 1450. The van der Waals surface area contributed by atoms with E-state index in [1.54, 1.807) is 25.1 Å². The third kappa shape index (κ3) is 6.82. The molecule has 0 saturated carbocycles. The summed E-state index contributed by atoms with van der Waals surface area (Å²) < 4.78 is 16.7. The Morgan fingerprint density at radius 2 is 1.79 bits per heavy atom. The lowest BCUT2D eigenvalue weighted by Crippen LogP contribution is -2.32. The molecule has 200 valence electrons. The molecule has 11 heteroatoms. The second-order valence-corrected chi connectivity index (χ2v) is 9.32. The quantitative estimate of drug-likeness (QED) is 0.104. The van der Waals surface area contributed by atoms with Gasteiger partial charge in [-0.1, -0.05) is 29.8 Å². The highest BCUT2D eigenvalue weighted by Gasteiger charge is 2.34. The van der Waals surface area contributed by atoms with E-state index in [1.165, 1.54) is 24.3 Å². The molecule has 39 heavy (non-hydrogen) atoms. The molecule has 0 aliphatic carbocycles. The number of nitrogens with zero attached hydrogens (tertiary/aromatic N) is 2. The molecular formula is C28H24N2O8S. The topological polar surface area (TPSA) is 125 Å². The SMILES string of the molecule is CCOc1cc(/C=C2\SC(=O)N(CCOc3ccc(C)cc3)C2=O)ccc1OC(=O)c1cccc([N+](=O)[O-])c1. The van der Waals surface area contributed by atoms with Crippen molar-refractivity contribution in [1.29, 1.82) is 0 Å². The standard InChI is InChI=1S/C28H24N2O8S/c1-3-36-24-15-19(9-12-23(24)38-27(32)20-5-4-6-21(17-20)30(34)35)16-25-26(31)29(28(33)39-25)13-14-37-22-10-7-18(2)8-11-22/h4-12,15-17H,3,13-14H2,1-2H3/b25-16-. The molecule has 1 fully saturated rings. The summed E-state index contributed by atoms with van der Waals surface area (Å²) >= 11 is 0.822. The Morgan fingerprint density at radius 1 is 1.03 bits per heavy atom. The lowest BCUT2D eigenvalue weighted by Gasteiger charge is -2.13. The molecule has 2 amide bonds. The molecule has 3 aromatic carbocycles. The Balaban J connectivity index is 1.45. The van der Waals surface area contributed by atoms with Crippen molar-refractivity contribution in [3.63, 3.8) is 0 Å². The number of nitro benzene ring substituents is 1. The van der Waals surface area contributed by atoms with Crippen LogP contribution in [0.1, 0.15) is 28.4 Å². The molecule has 1 heterocycles. The van der Waals surface area contributed by atoms with Crippen LogP contribution in [0.4, 0.5) is 10.5 Å². The van der Waals surface area contributed by atoms with Crippen LogP contribution in [0.2, 0.25) is 0 Å². The van der Waals surface area contributed by atoms with Gasteiger partial charge in [-0.25, -0.2) is 4.79 Å². The van der Waals surface area contributed by atoms with Crippen molar-refractivity contribution in [2.24, 2.45) is 0 Å². The van der Waals surface area contributed by atoms with Crippen molar-refractivity contribution >= 4 is 40.6 Å². The van der Waals surface area contributed by atoms with Crippen LogP contribution >= 0.6 is 11.8 Å². The number of rotatable bonds is 10. The molecule has 1 saturated heterocycles. The Labute approximate surface area is 228 Å². The monoisotopic (exact) mass is 548 g/mol. The fourth-order valence-corrected chi connectivity index (χ4v) is 4.47. The Morgan fingerprint density at radius 3 is 2.51 bits per heavy atom. The number of non-ortho nitro benzene ring substituents is 1. The molecule has 1 aliphatic rings. The van der Waals surface area contributed by atoms with Gasteiger partial charge in [-0.15, -0.1) is 0 Å². The number of hydrogen-bond donors (Lipinski definition) is 0. The van der Waals surface area contributed by atoms with Gasteiger partial charge in [0.2, 0.25) is 0 Å². The maximum atomic E-state index is 12.9. The van der Waals surface area contributed by atoms with E-state index in [9.17, 15) is 24.5 Å². The van der Waals surface area contributed by atoms with Gasteiger partial charge in [0, 0.05) is 12.1 Å². The normalized spacial score (nSPS) is 14.0. The minimum atomic E-state index is -0.790. The summed E-state index contributed by atoms with van der Waals surface area (Å²) in [6.45, 7) is 4.25. The van der Waals surface area contributed by atoms with Gasteiger partial charge in [-0.3, -0.25) is 24.6 Å². The lowest BCUT2D eigenvalue weighted by molar-refractivity contribution is -0.384. The molecule has 0 N–H and O–H groups in total. The van der Waals surface area contributed by atoms with E-state index in [0.29, 0.717) is 11.3 Å². The zero-order valence-corrected chi connectivity index (χ0v) is 21.9. The van der Waals surface area contributed by atoms with Crippen molar-refractivity contribution in [1.82, 2.24) is 4.90 Å². The van der Waals surface area contributed by atoms with Crippen LogP contribution in [0, 0.1) is 17.0 Å². The molecule has 0 atom stereocenters. The Hall–Kier alpha value is -4.64. The number of thioether (sulfide) groups is 1. The summed E-state index contributed by atoms with van der Waals surface area (Å²) in [6, 6.07) is 17.3. The van der Waals surface area contributed by atoms with Crippen LogP contribution in [0.5, 0.6) is 17.2 Å². The van der Waals surface area contributed by atoms with Crippen LogP contribution in [0.3, 0.4) is 0 Å². The van der Waals surface area contributed by atoms with Crippen molar-refractivity contribution in [2.75, 3.05) is 19.8 Å². The molecule has 0 bridgehead atoms. The fourth-order valence-electron chi connectivity index (χ4n) is 3.61. The number of carbonyl (C=O) groups excluding carboxylic acids is 3. The van der Waals surface area contributed by atoms with Crippen molar-refractivity contribution < 1.29 is 33.5 Å². The number of nitro groups is 1. The van der Waals surface area contributed by atoms with Crippen LogP contribution in [-0.2, 0) is 4.79 Å². The molecule has 0 radical (unpaired) electrons. The lowest BCUT2D eigenvalue weighted by atomic mass is 10.1. The predicted molar refractivity (Wildman–Crippen MR) is 145 cm³/mol. The molecule has 0 unspecified atom stereocenters. The van der Waals surface area contributed by atoms with Gasteiger partial charge in [-0.05, 0) is 67.6 Å². The summed E-state index contributed by atoms with van der Waals surface area (Å²) in [5.41, 5.74) is 1.42. The van der Waals surface area contributed by atoms with Crippen LogP contribution in [-0.4, -0.2) is 46.7 Å². The molecule has 3 aromatic rings. The fraction of sp³-hybridized carbons (Fsp3) is 0.179. The van der Waals surface area contributed by atoms with Gasteiger partial charge < -0.3 is 14.2 Å². The third-order valence-corrected chi connectivity index (χ3v) is 6.45. The summed E-state index contributed by atoms with van der Waals surface area (Å²) in [6.07, 6.45) is 1.56. The highest BCUT2D eigenvalue weighted by atomic mass is 32.2. The molecule has 0 aromatic heterocycles. The Kier molecular flexibility index (Phi) is 8.62. The third-order valence-electron chi connectivity index (χ3n) is 5.54. The molecular weight excluding hydrogens is 524 g/mol. The predicted octanol–water partition coefficient (Wildman–Crippen LogP) is 5.64. The average molecular weight is 549 g/mol. The number of hydrogen-bond acceptors (Lipinski definition) is 9. The van der Waals surface area contributed by atoms with Crippen molar-refractivity contribution in [3.05, 3.63) is 98.4 Å². The van der Waals surface area contributed by atoms with Crippen molar-refractivity contribution in [3.8, 4) is 17.2 Å². The van der Waals surface area contributed by atoms with E-state index in [4.69, 9.17) is 14.2 Å². The zero-order valence-electron chi connectivity index (χ0n) is 21.1. The molecule has 0 spiro atoms. The largest absolute Gasteiger partial charge is 0.492 e. The van der Waals surface area contributed by atoms with E-state index >= 15 is 0 Å². The van der Waals surface area contributed by atoms with Crippen LogP contribution in [0.25, 0.3) is 6.08 Å². The summed E-state index contributed by atoms with van der Waals surface area (Å²) in [5, 5.41) is 10.6. The minimum absolute atomic E-state index is 0.00996. The zero-order chi connectivity index (χ0) is 27.9. The number of imide groups is 1. The van der Waals surface area contributed by atoms with Gasteiger partial charge in [-0.2, -0.15) is 0 Å². The molecule has 4 rings (SSSR count). The first-order chi connectivity index (χ1) is 18.7. The number of aryl methyl sites for hydroxylation is 1. The minimum Gasteiger partial charge on any atom is -0.492 e. The number of carbonyl (C=O) groups is 3. The van der Waals surface area contributed by atoms with Crippen LogP contribution < -0.4 is 14.2 Å². The first-order valence-electron chi connectivity index (χ1n) is 11.9. The first-order valence-corrected chi connectivity index (χ1v) is 12.7. The summed E-state index contributed by atoms with van der Waals surface area (Å²) in [4.78, 5) is 49.7. The highest BCUT2D eigenvalue weighted by molar-refractivity contribution is 8.18. The van der Waals surface area contributed by atoms with E-state index in [2.05, 4.69) is 0 Å². The van der Waals surface area contributed by atoms with Gasteiger partial charge in [0.25, 0.3) is 16.8 Å². The summed E-state index contributed by atoms with van der Waals surface area (Å²) in [5.74, 6) is -0.238. The number of benzene rings is 3.